The standard InChI is InChI=1S/C18H23NO5S2.C12H19F2NO5.9W/c1-17(2,3)23-15(21)19-10-9-18(11-19,14(20)22-4)24-16-25-12-7-5-6-8-13(12)26-16;1-11(2,3)20-10(17)15-6-5-12(7-15,8(16)18-4)19-9(13)14;;;;;;;;;/h5-8,16H,9-11H2,1-4H3;9H,5-7H2,1-4H3;;;;;;;;;. The quantitative estimate of drug-likeness (QED) is 0.264. The van der Waals surface area contributed by atoms with Crippen molar-refractivity contribution in [3.8, 4) is 0 Å². The Morgan fingerprint density at radius 2 is 1.02 bits per heavy atom. The average molecular weight is 2350 g/mol. The Labute approximate surface area is 459 Å². The minimum absolute atomic E-state index is 0. The molecule has 55 heavy (non-hydrogen) atoms. The number of hydrogen-bond donors (Lipinski definition) is 0. The van der Waals surface area contributed by atoms with Crippen LogP contribution in [-0.2, 0) is 228 Å². The number of likely N-dealkylation sites (tertiary alicyclic amines) is 2. The van der Waals surface area contributed by atoms with E-state index in [9.17, 15) is 28.0 Å². The first-order valence-electron chi connectivity index (χ1n) is 14.5. The molecule has 2 amide bonds. The number of esters is 2. The molecule has 2 fully saturated rings. The summed E-state index contributed by atoms with van der Waals surface area (Å²) in [7, 11) is 2.42. The van der Waals surface area contributed by atoms with Crippen LogP contribution in [0.4, 0.5) is 18.4 Å². The number of amides is 2. The first-order chi connectivity index (χ1) is 21.3. The number of ether oxygens (including phenoxy) is 6. The normalized spacial score (nSPS) is 19.3. The average Bonchev–Trinajstić information content (AvgIpc) is 3.68. The molecule has 2 unspecified atom stereocenters. The summed E-state index contributed by atoms with van der Waals surface area (Å²) in [6.45, 7) is 7.64. The molecule has 4 rings (SSSR count). The van der Waals surface area contributed by atoms with E-state index in [-0.39, 0.29) is 220 Å². The van der Waals surface area contributed by atoms with Gasteiger partial charge in [-0.05, 0) is 53.7 Å². The third kappa shape index (κ3) is 22.5. The Hall–Kier alpha value is 3.37. The predicted molar refractivity (Wildman–Crippen MR) is 164 cm³/mol. The first-order valence-corrected chi connectivity index (χ1v) is 16.3. The molecule has 0 spiro atoms. The van der Waals surface area contributed by atoms with E-state index < -0.39 is 53.1 Å². The van der Waals surface area contributed by atoms with Gasteiger partial charge < -0.3 is 38.2 Å². The number of carbonyl (C=O) groups excluding carboxylic acids is 4. The van der Waals surface area contributed by atoms with Crippen molar-refractivity contribution in [2.75, 3.05) is 40.4 Å². The van der Waals surface area contributed by atoms with Gasteiger partial charge in [-0.3, -0.25) is 0 Å². The SMILES string of the molecule is COC(=O)C1(OC(F)F)CCN(C(=O)OC(C)(C)C)C1.COC(=O)C1(OC2Sc3ccccc3S2)CCN(C(=O)OC(C)(C)C)C1.[W].[W].[W].[W].[W].[W].[W].[W].[W]. The molecule has 0 bridgehead atoms. The van der Waals surface area contributed by atoms with E-state index in [0.29, 0.717) is 13.0 Å². The fourth-order valence-electron chi connectivity index (χ4n) is 4.80. The van der Waals surface area contributed by atoms with E-state index in [1.165, 1.54) is 12.0 Å². The van der Waals surface area contributed by atoms with E-state index >= 15 is 0 Å². The van der Waals surface area contributed by atoms with Gasteiger partial charge in [-0.15, -0.1) is 0 Å². The number of halogens is 2. The molecule has 1 aromatic rings. The Bertz CT molecular complexity index is 1290. The van der Waals surface area contributed by atoms with Crippen molar-refractivity contribution in [3.63, 3.8) is 0 Å². The summed E-state index contributed by atoms with van der Waals surface area (Å²) < 4.78 is 55.3. The number of rotatable bonds is 6. The Morgan fingerprint density at radius 3 is 1.36 bits per heavy atom. The van der Waals surface area contributed by atoms with Gasteiger partial charge in [-0.25, -0.2) is 19.2 Å². The molecule has 3 heterocycles. The topological polar surface area (TPSA) is 130 Å². The molecule has 1 aromatic carbocycles. The summed E-state index contributed by atoms with van der Waals surface area (Å²) in [5.74, 6) is -1.38. The van der Waals surface area contributed by atoms with Gasteiger partial charge in [0.05, 0.1) is 27.3 Å². The monoisotopic (exact) mass is 2350 g/mol. The smallest absolute Gasteiger partial charge is 0.410 e. The number of methoxy groups -OCH3 is 2. The summed E-state index contributed by atoms with van der Waals surface area (Å²) in [5.41, 5.74) is -4.30. The summed E-state index contributed by atoms with van der Waals surface area (Å²) in [4.78, 5) is 53.3. The molecule has 0 radical (unpaired) electrons. The number of carbonyl (C=O) groups is 4. The number of nitrogens with zero attached hydrogens (tertiary/aromatic N) is 2. The van der Waals surface area contributed by atoms with Crippen LogP contribution in [0.2, 0.25) is 0 Å². The molecule has 0 N–H and O–H groups in total. The maximum atomic E-state index is 12.5. The molecule has 25 heteroatoms. The van der Waals surface area contributed by atoms with Crippen LogP contribution in [0.15, 0.2) is 34.1 Å². The Balaban J connectivity index is -0.000000148. The van der Waals surface area contributed by atoms with Crippen LogP contribution < -0.4 is 0 Å². The second-order valence-corrected chi connectivity index (χ2v) is 15.2. The van der Waals surface area contributed by atoms with Crippen molar-refractivity contribution >= 4 is 47.6 Å². The first kappa shape index (κ1) is 72.8. The van der Waals surface area contributed by atoms with Crippen molar-refractivity contribution in [3.05, 3.63) is 24.3 Å². The second-order valence-electron chi connectivity index (χ2n) is 12.7. The van der Waals surface area contributed by atoms with E-state index in [1.54, 1.807) is 44.3 Å². The van der Waals surface area contributed by atoms with Gasteiger partial charge in [0.1, 0.15) is 11.2 Å². The van der Waals surface area contributed by atoms with Crippen molar-refractivity contribution in [1.82, 2.24) is 9.80 Å². The van der Waals surface area contributed by atoms with Crippen LogP contribution in [0.5, 0.6) is 0 Å². The van der Waals surface area contributed by atoms with Crippen LogP contribution in [0.25, 0.3) is 0 Å². The second kappa shape index (κ2) is 32.1. The van der Waals surface area contributed by atoms with E-state index in [0.717, 1.165) is 21.8 Å². The third-order valence-corrected chi connectivity index (χ3v) is 9.32. The molecular formula is C30H42F2N2O10S2W9. The number of alkyl halides is 2. The maximum absolute atomic E-state index is 12.5. The number of hydrogen-bond acceptors (Lipinski definition) is 12. The van der Waals surface area contributed by atoms with Gasteiger partial charge in [0.2, 0.25) is 0 Å². The summed E-state index contributed by atoms with van der Waals surface area (Å²) in [6.07, 6.45) is -0.807. The van der Waals surface area contributed by atoms with Gasteiger partial charge in [0.15, 0.2) is 16.0 Å². The van der Waals surface area contributed by atoms with Crippen molar-refractivity contribution in [1.29, 1.82) is 0 Å². The molecule has 2 atom stereocenters. The zero-order valence-electron chi connectivity index (χ0n) is 30.9. The molecule has 12 nitrogen and oxygen atoms in total. The van der Waals surface area contributed by atoms with Crippen molar-refractivity contribution in [2.45, 2.75) is 98.0 Å². The molecule has 0 aromatic heterocycles. The van der Waals surface area contributed by atoms with Crippen LogP contribution in [0, 0.1) is 0 Å². The zero-order chi connectivity index (χ0) is 34.5. The summed E-state index contributed by atoms with van der Waals surface area (Å²) in [6, 6.07) is 8.01. The largest absolute Gasteiger partial charge is 0.467 e. The number of thioether (sulfide) groups is 2. The van der Waals surface area contributed by atoms with Gasteiger partial charge >= 0.3 is 30.7 Å². The molecule has 0 aliphatic carbocycles. The van der Waals surface area contributed by atoms with Crippen LogP contribution >= 0.6 is 23.5 Å². The van der Waals surface area contributed by atoms with Crippen LogP contribution in [0.3, 0.4) is 0 Å². The Morgan fingerprint density at radius 1 is 0.673 bits per heavy atom. The van der Waals surface area contributed by atoms with E-state index in [4.69, 9.17) is 18.9 Å². The van der Waals surface area contributed by atoms with Gasteiger partial charge in [0, 0.05) is 225 Å². The fourth-order valence-corrected chi connectivity index (χ4v) is 7.47. The summed E-state index contributed by atoms with van der Waals surface area (Å²) >= 11 is 3.13. The minimum Gasteiger partial charge on any atom is -0.467 e. The Kier molecular flexibility index (Phi) is 42.5. The van der Waals surface area contributed by atoms with Crippen LogP contribution in [-0.4, -0.2) is 108 Å². The third-order valence-electron chi connectivity index (χ3n) is 6.81. The van der Waals surface area contributed by atoms with Crippen molar-refractivity contribution < 1.29 is 246 Å². The van der Waals surface area contributed by atoms with Crippen LogP contribution in [0.1, 0.15) is 54.4 Å². The van der Waals surface area contributed by atoms with Crippen molar-refractivity contribution in [2.24, 2.45) is 0 Å². The molecule has 3 aliphatic heterocycles. The van der Waals surface area contributed by atoms with E-state index in [1.807, 2.05) is 45.0 Å². The summed E-state index contributed by atoms with van der Waals surface area (Å²) in [5, 5.41) is 0. The molecule has 3 aliphatic rings. The number of benzene rings is 1. The maximum Gasteiger partial charge on any atom is 0.410 e. The number of fused-ring (bicyclic) bond motifs is 1. The molecule has 312 valence electrons. The zero-order valence-corrected chi connectivity index (χ0v) is 59.0. The van der Waals surface area contributed by atoms with Gasteiger partial charge in [-0.2, -0.15) is 8.78 Å². The molecule has 2 saturated heterocycles. The molecular weight excluding hydrogens is 2310 g/mol. The fraction of sp³-hybridized carbons (Fsp3) is 0.667. The predicted octanol–water partition coefficient (Wildman–Crippen LogP) is 5.49. The van der Waals surface area contributed by atoms with E-state index in [2.05, 4.69) is 9.47 Å². The molecule has 0 saturated carbocycles. The van der Waals surface area contributed by atoms with Gasteiger partial charge in [-0.1, -0.05) is 35.7 Å². The van der Waals surface area contributed by atoms with Gasteiger partial charge in [0.25, 0.3) is 0 Å². The minimum atomic E-state index is -3.13.